The van der Waals surface area contributed by atoms with Gasteiger partial charge >= 0.3 is 0 Å². The molecule has 0 amide bonds. The van der Waals surface area contributed by atoms with Crippen molar-refractivity contribution in [2.24, 2.45) is 5.92 Å². The third-order valence-electron chi connectivity index (χ3n) is 3.36. The summed E-state index contributed by atoms with van der Waals surface area (Å²) in [5, 5.41) is 4.40. The topological polar surface area (TPSA) is 17.3 Å². The molecule has 2 aliphatic heterocycles. The molecule has 0 spiro atoms. The number of piperidine rings is 2. The molecule has 2 rings (SSSR count). The normalized spacial score (nSPS) is 27.7. The molecule has 2 fully saturated rings. The van der Waals surface area contributed by atoms with Gasteiger partial charge in [-0.2, -0.15) is 0 Å². The van der Waals surface area contributed by atoms with Crippen molar-refractivity contribution in [3.05, 3.63) is 0 Å². The Bertz CT molecular complexity index is 119. The molecule has 0 bridgehead atoms. The van der Waals surface area contributed by atoms with Gasteiger partial charge in [0, 0.05) is 19.6 Å². The van der Waals surface area contributed by atoms with Crippen LogP contribution in [-0.4, -0.2) is 37.6 Å². The van der Waals surface area contributed by atoms with Crippen molar-refractivity contribution in [2.75, 3.05) is 32.7 Å². The van der Waals surface area contributed by atoms with Crippen molar-refractivity contribution < 1.29 is 0 Å². The van der Waals surface area contributed by atoms with Crippen LogP contribution in [0.25, 0.3) is 0 Å². The molecule has 2 heteroatoms. The van der Waals surface area contributed by atoms with E-state index in [0.717, 1.165) is 19.0 Å². The number of hydrogen-bond donors (Lipinski definition) is 0. The summed E-state index contributed by atoms with van der Waals surface area (Å²) < 4.78 is 0. The molecule has 75 valence electrons. The van der Waals surface area contributed by atoms with E-state index in [1.807, 2.05) is 0 Å². The first-order chi connectivity index (χ1) is 6.45. The van der Waals surface area contributed by atoms with Gasteiger partial charge < -0.3 is 4.90 Å². The number of rotatable bonds is 2. The van der Waals surface area contributed by atoms with Gasteiger partial charge in [0.2, 0.25) is 0 Å². The first-order valence-electron chi connectivity index (χ1n) is 5.81. The lowest BCUT2D eigenvalue weighted by atomic mass is 9.96. The Hall–Kier alpha value is -0.0800. The highest BCUT2D eigenvalue weighted by molar-refractivity contribution is 4.73. The molecule has 0 unspecified atom stereocenters. The summed E-state index contributed by atoms with van der Waals surface area (Å²) in [6.45, 7) is 6.31. The zero-order chi connectivity index (χ0) is 8.93. The zero-order valence-corrected chi connectivity index (χ0v) is 8.54. The van der Waals surface area contributed by atoms with Crippen molar-refractivity contribution in [1.82, 2.24) is 10.2 Å². The second-order valence-electron chi connectivity index (χ2n) is 4.48. The van der Waals surface area contributed by atoms with E-state index in [-0.39, 0.29) is 0 Å². The Balaban J connectivity index is 1.69. The van der Waals surface area contributed by atoms with Gasteiger partial charge in [-0.25, -0.2) is 5.32 Å². The highest BCUT2D eigenvalue weighted by atomic mass is 15.1. The number of nitrogens with zero attached hydrogens (tertiary/aromatic N) is 2. The van der Waals surface area contributed by atoms with Crippen LogP contribution in [-0.2, 0) is 0 Å². The van der Waals surface area contributed by atoms with Gasteiger partial charge in [-0.15, -0.1) is 0 Å². The van der Waals surface area contributed by atoms with E-state index in [1.165, 1.54) is 51.7 Å². The lowest BCUT2D eigenvalue weighted by molar-refractivity contribution is 0.177. The van der Waals surface area contributed by atoms with Crippen LogP contribution in [0.4, 0.5) is 0 Å². The Kier molecular flexibility index (Phi) is 3.62. The molecule has 13 heavy (non-hydrogen) atoms. The van der Waals surface area contributed by atoms with Crippen LogP contribution in [0.15, 0.2) is 0 Å². The van der Waals surface area contributed by atoms with Gasteiger partial charge in [0.05, 0.1) is 0 Å². The fraction of sp³-hybridized carbons (Fsp3) is 1.00. The number of hydrogen-bond acceptors (Lipinski definition) is 1. The molecule has 0 aromatic rings. The Morgan fingerprint density at radius 3 is 2.38 bits per heavy atom. The molecule has 0 aromatic carbocycles. The van der Waals surface area contributed by atoms with Crippen LogP contribution in [0.5, 0.6) is 0 Å². The molecule has 0 N–H and O–H groups in total. The lowest BCUT2D eigenvalue weighted by Gasteiger charge is -2.31. The molecule has 2 heterocycles. The maximum atomic E-state index is 4.40. The third kappa shape index (κ3) is 2.96. The predicted octanol–water partition coefficient (Wildman–Crippen LogP) is 1.49. The van der Waals surface area contributed by atoms with Gasteiger partial charge in [0.15, 0.2) is 0 Å². The monoisotopic (exact) mass is 181 g/mol. The van der Waals surface area contributed by atoms with Crippen molar-refractivity contribution in [2.45, 2.75) is 32.1 Å². The first kappa shape index (κ1) is 9.47. The minimum atomic E-state index is 0.954. The van der Waals surface area contributed by atoms with Crippen LogP contribution < -0.4 is 5.32 Å². The summed E-state index contributed by atoms with van der Waals surface area (Å²) >= 11 is 0. The van der Waals surface area contributed by atoms with Crippen molar-refractivity contribution in [1.29, 1.82) is 0 Å². The van der Waals surface area contributed by atoms with Crippen molar-refractivity contribution >= 4 is 0 Å². The van der Waals surface area contributed by atoms with Gasteiger partial charge in [-0.1, -0.05) is 6.42 Å². The van der Waals surface area contributed by atoms with E-state index in [0.29, 0.717) is 0 Å². The van der Waals surface area contributed by atoms with Crippen molar-refractivity contribution in [3.8, 4) is 0 Å². The molecule has 0 aliphatic carbocycles. The second kappa shape index (κ2) is 4.97. The second-order valence-corrected chi connectivity index (χ2v) is 4.48. The Labute approximate surface area is 81.7 Å². The summed E-state index contributed by atoms with van der Waals surface area (Å²) in [4.78, 5) is 2.67. The van der Waals surface area contributed by atoms with Crippen LogP contribution >= 0.6 is 0 Å². The van der Waals surface area contributed by atoms with Crippen molar-refractivity contribution in [3.63, 3.8) is 0 Å². The molecule has 0 saturated carbocycles. The van der Waals surface area contributed by atoms with E-state index in [2.05, 4.69) is 10.2 Å². The van der Waals surface area contributed by atoms with Gasteiger partial charge in [0.25, 0.3) is 0 Å². The van der Waals surface area contributed by atoms with Crippen LogP contribution in [0.3, 0.4) is 0 Å². The summed E-state index contributed by atoms with van der Waals surface area (Å²) in [5.74, 6) is 0.954. The van der Waals surface area contributed by atoms with Crippen LogP contribution in [0, 0.1) is 5.92 Å². The van der Waals surface area contributed by atoms with Crippen LogP contribution in [0.2, 0.25) is 0 Å². The molecule has 1 radical (unpaired) electrons. The van der Waals surface area contributed by atoms with Gasteiger partial charge in [0.1, 0.15) is 0 Å². The predicted molar refractivity (Wildman–Crippen MR) is 54.9 cm³/mol. The van der Waals surface area contributed by atoms with E-state index in [1.54, 1.807) is 0 Å². The fourth-order valence-corrected chi connectivity index (χ4v) is 2.49. The minimum Gasteiger partial charge on any atom is -0.303 e. The standard InChI is InChI=1S/C11H21N2/c1-2-8-13(9-3-1)10-11-4-6-12-7-5-11/h11H,1-10H2. The van der Waals surface area contributed by atoms with Gasteiger partial charge in [-0.3, -0.25) is 0 Å². The number of likely N-dealkylation sites (tertiary alicyclic amines) is 1. The van der Waals surface area contributed by atoms with E-state index < -0.39 is 0 Å². The smallest absolute Gasteiger partial charge is 0.0136 e. The average Bonchev–Trinajstić information content (AvgIpc) is 2.21. The first-order valence-corrected chi connectivity index (χ1v) is 5.81. The summed E-state index contributed by atoms with van der Waals surface area (Å²) in [7, 11) is 0. The quantitative estimate of drug-likeness (QED) is 0.631. The molecule has 2 saturated heterocycles. The maximum absolute atomic E-state index is 4.40. The zero-order valence-electron chi connectivity index (χ0n) is 8.54. The largest absolute Gasteiger partial charge is 0.303 e. The van der Waals surface area contributed by atoms with E-state index in [9.17, 15) is 0 Å². The van der Waals surface area contributed by atoms with E-state index >= 15 is 0 Å². The Morgan fingerprint density at radius 1 is 1.00 bits per heavy atom. The molecule has 2 nitrogen and oxygen atoms in total. The molecular weight excluding hydrogens is 160 g/mol. The maximum Gasteiger partial charge on any atom is 0.0136 e. The molecule has 0 aromatic heterocycles. The highest BCUT2D eigenvalue weighted by Gasteiger charge is 2.18. The molecule has 2 aliphatic rings. The minimum absolute atomic E-state index is 0.954. The summed E-state index contributed by atoms with van der Waals surface area (Å²) in [5.41, 5.74) is 0. The SMILES string of the molecule is C1CCN(CC2CC[N]CC2)CC1. The lowest BCUT2D eigenvalue weighted by Crippen LogP contribution is -2.37. The third-order valence-corrected chi connectivity index (χ3v) is 3.36. The van der Waals surface area contributed by atoms with Crippen LogP contribution in [0.1, 0.15) is 32.1 Å². The molecular formula is C11H21N2. The van der Waals surface area contributed by atoms with E-state index in [4.69, 9.17) is 0 Å². The molecule has 0 atom stereocenters. The summed E-state index contributed by atoms with van der Waals surface area (Å²) in [6.07, 6.45) is 7.00. The summed E-state index contributed by atoms with van der Waals surface area (Å²) in [6, 6.07) is 0. The highest BCUT2D eigenvalue weighted by Crippen LogP contribution is 2.17. The Morgan fingerprint density at radius 2 is 1.69 bits per heavy atom. The average molecular weight is 181 g/mol. The fourth-order valence-electron chi connectivity index (χ4n) is 2.49. The van der Waals surface area contributed by atoms with Gasteiger partial charge in [-0.05, 0) is 44.7 Å².